The van der Waals surface area contributed by atoms with Gasteiger partial charge in [0.2, 0.25) is 0 Å². The van der Waals surface area contributed by atoms with Gasteiger partial charge in [-0.2, -0.15) is 16.9 Å². The van der Waals surface area contributed by atoms with Gasteiger partial charge >= 0.3 is 0 Å². The summed E-state index contributed by atoms with van der Waals surface area (Å²) >= 11 is 1.86. The maximum Gasteiger partial charge on any atom is 0.0666 e. The first-order valence-corrected chi connectivity index (χ1v) is 6.15. The van der Waals surface area contributed by atoms with Crippen LogP contribution in [0.3, 0.4) is 0 Å². The first-order chi connectivity index (χ1) is 6.77. The molecule has 0 saturated carbocycles. The predicted octanol–water partition coefficient (Wildman–Crippen LogP) is 1.08. The topological polar surface area (TPSA) is 38.0 Å². The molecule has 14 heavy (non-hydrogen) atoms. The Kier molecular flexibility index (Phi) is 3.13. The summed E-state index contributed by atoms with van der Waals surface area (Å²) in [6.45, 7) is 0. The number of aliphatic hydroxyl groups excluding tert-OH is 1. The van der Waals surface area contributed by atoms with Crippen LogP contribution in [0, 0.1) is 5.92 Å². The smallest absolute Gasteiger partial charge is 0.0666 e. The van der Waals surface area contributed by atoms with Crippen molar-refractivity contribution in [2.75, 3.05) is 11.5 Å². The molecular formula is C10H16N2OS. The number of rotatable bonds is 3. The molecule has 1 aliphatic heterocycles. The number of thioether (sulfide) groups is 1. The van der Waals surface area contributed by atoms with Gasteiger partial charge in [0.1, 0.15) is 0 Å². The molecule has 0 amide bonds. The molecular weight excluding hydrogens is 196 g/mol. The van der Waals surface area contributed by atoms with Crippen molar-refractivity contribution < 1.29 is 5.11 Å². The van der Waals surface area contributed by atoms with E-state index in [4.69, 9.17) is 0 Å². The molecule has 78 valence electrons. The Bertz CT molecular complexity index is 300. The minimum absolute atomic E-state index is 0.0896. The van der Waals surface area contributed by atoms with Gasteiger partial charge in [-0.3, -0.25) is 4.68 Å². The maximum atomic E-state index is 9.64. The van der Waals surface area contributed by atoms with Crippen LogP contribution in [-0.2, 0) is 13.5 Å². The van der Waals surface area contributed by atoms with Crippen LogP contribution >= 0.6 is 11.8 Å². The van der Waals surface area contributed by atoms with Crippen LogP contribution in [0.15, 0.2) is 12.3 Å². The molecule has 0 bridgehead atoms. The summed E-state index contributed by atoms with van der Waals surface area (Å²) in [5.74, 6) is 2.50. The first kappa shape index (κ1) is 10.1. The van der Waals surface area contributed by atoms with Gasteiger partial charge in [-0.1, -0.05) is 0 Å². The second kappa shape index (κ2) is 4.36. The zero-order valence-electron chi connectivity index (χ0n) is 8.39. The number of hydrogen-bond donors (Lipinski definition) is 1. The number of aliphatic hydroxyl groups is 1. The second-order valence-electron chi connectivity index (χ2n) is 3.85. The molecule has 1 aliphatic rings. The molecule has 1 aromatic rings. The van der Waals surface area contributed by atoms with E-state index >= 15 is 0 Å². The monoisotopic (exact) mass is 212 g/mol. The van der Waals surface area contributed by atoms with E-state index in [-0.39, 0.29) is 6.10 Å². The Balaban J connectivity index is 1.85. The minimum atomic E-state index is -0.0896. The molecule has 0 radical (unpaired) electrons. The van der Waals surface area contributed by atoms with Crippen molar-refractivity contribution in [3.63, 3.8) is 0 Å². The van der Waals surface area contributed by atoms with Crippen molar-refractivity contribution in [1.29, 1.82) is 0 Å². The minimum Gasteiger partial charge on any atom is -0.392 e. The Morgan fingerprint density at radius 1 is 1.64 bits per heavy atom. The fourth-order valence-corrected chi connectivity index (χ4v) is 3.18. The van der Waals surface area contributed by atoms with Gasteiger partial charge in [0, 0.05) is 24.7 Å². The van der Waals surface area contributed by atoms with E-state index in [0.717, 1.165) is 24.3 Å². The van der Waals surface area contributed by atoms with Crippen molar-refractivity contribution in [3.05, 3.63) is 18.0 Å². The van der Waals surface area contributed by atoms with E-state index in [1.807, 2.05) is 29.7 Å². The first-order valence-electron chi connectivity index (χ1n) is 5.00. The summed E-state index contributed by atoms with van der Waals surface area (Å²) in [4.78, 5) is 0. The van der Waals surface area contributed by atoms with Gasteiger partial charge < -0.3 is 5.11 Å². The van der Waals surface area contributed by atoms with Crippen LogP contribution in [0.1, 0.15) is 12.1 Å². The lowest BCUT2D eigenvalue weighted by molar-refractivity contribution is 0.144. The Labute approximate surface area is 88.5 Å². The summed E-state index contributed by atoms with van der Waals surface area (Å²) in [7, 11) is 1.97. The van der Waals surface area contributed by atoms with Crippen molar-refractivity contribution >= 4 is 11.8 Å². The summed E-state index contributed by atoms with van der Waals surface area (Å²) < 4.78 is 1.91. The quantitative estimate of drug-likeness (QED) is 0.814. The lowest BCUT2D eigenvalue weighted by Gasteiger charge is -2.12. The van der Waals surface area contributed by atoms with Crippen LogP contribution in [0.5, 0.6) is 0 Å². The molecule has 0 aromatic carbocycles. The zero-order valence-corrected chi connectivity index (χ0v) is 9.20. The third-order valence-corrected chi connectivity index (χ3v) is 4.10. The molecule has 0 aliphatic carbocycles. The number of hydrogen-bond acceptors (Lipinski definition) is 3. The molecule has 1 aromatic heterocycles. The lowest BCUT2D eigenvalue weighted by Crippen LogP contribution is -2.18. The largest absolute Gasteiger partial charge is 0.392 e. The highest BCUT2D eigenvalue weighted by Crippen LogP contribution is 2.27. The third kappa shape index (κ3) is 2.12. The van der Waals surface area contributed by atoms with Crippen LogP contribution in [0.25, 0.3) is 0 Å². The highest BCUT2D eigenvalue weighted by molar-refractivity contribution is 7.99. The molecule has 3 nitrogen and oxygen atoms in total. The summed E-state index contributed by atoms with van der Waals surface area (Å²) in [6.07, 6.45) is 3.84. The van der Waals surface area contributed by atoms with E-state index in [2.05, 4.69) is 11.2 Å². The average molecular weight is 212 g/mol. The third-order valence-electron chi connectivity index (χ3n) is 2.86. The molecule has 1 saturated heterocycles. The van der Waals surface area contributed by atoms with E-state index in [9.17, 15) is 5.11 Å². The van der Waals surface area contributed by atoms with Crippen molar-refractivity contribution in [1.82, 2.24) is 9.78 Å². The van der Waals surface area contributed by atoms with E-state index in [0.29, 0.717) is 5.92 Å². The summed E-state index contributed by atoms with van der Waals surface area (Å²) in [6, 6.07) is 2.05. The van der Waals surface area contributed by atoms with Gasteiger partial charge in [0.05, 0.1) is 6.10 Å². The Morgan fingerprint density at radius 3 is 3.07 bits per heavy atom. The van der Waals surface area contributed by atoms with E-state index in [1.54, 1.807) is 0 Å². The molecule has 2 unspecified atom stereocenters. The van der Waals surface area contributed by atoms with Gasteiger partial charge in [-0.25, -0.2) is 0 Å². The number of nitrogens with zero attached hydrogens (tertiary/aromatic N) is 2. The normalized spacial score (nSPS) is 27.0. The molecule has 1 fully saturated rings. The maximum absolute atomic E-state index is 9.64. The Hall–Kier alpha value is -0.480. The van der Waals surface area contributed by atoms with Crippen molar-refractivity contribution in [2.45, 2.75) is 18.9 Å². The fourth-order valence-electron chi connectivity index (χ4n) is 1.84. The number of aromatic nitrogens is 2. The number of aryl methyl sites for hydroxylation is 2. The van der Waals surface area contributed by atoms with E-state index in [1.165, 1.54) is 5.69 Å². The Morgan fingerprint density at radius 2 is 2.50 bits per heavy atom. The molecule has 2 rings (SSSR count). The van der Waals surface area contributed by atoms with Crippen LogP contribution in [0.4, 0.5) is 0 Å². The van der Waals surface area contributed by atoms with Gasteiger partial charge in [-0.05, 0) is 30.6 Å². The molecule has 2 atom stereocenters. The van der Waals surface area contributed by atoms with Crippen LogP contribution in [-0.4, -0.2) is 32.5 Å². The SMILES string of the molecule is Cn1nccc1CCC1CSCC1O. The van der Waals surface area contributed by atoms with Gasteiger partial charge in [0.25, 0.3) is 0 Å². The zero-order chi connectivity index (χ0) is 9.97. The standard InChI is InChI=1S/C10H16N2OS/c1-12-9(4-5-11-12)3-2-8-6-14-7-10(8)13/h4-5,8,10,13H,2-3,6-7H2,1H3. The molecule has 0 spiro atoms. The molecule has 4 heteroatoms. The lowest BCUT2D eigenvalue weighted by atomic mass is 9.99. The highest BCUT2D eigenvalue weighted by Gasteiger charge is 2.25. The molecule has 1 N–H and O–H groups in total. The van der Waals surface area contributed by atoms with Gasteiger partial charge in [0.15, 0.2) is 0 Å². The summed E-state index contributed by atoms with van der Waals surface area (Å²) in [5.41, 5.74) is 1.26. The van der Waals surface area contributed by atoms with Gasteiger partial charge in [-0.15, -0.1) is 0 Å². The van der Waals surface area contributed by atoms with Crippen molar-refractivity contribution in [3.8, 4) is 0 Å². The second-order valence-corrected chi connectivity index (χ2v) is 4.92. The predicted molar refractivity (Wildman–Crippen MR) is 58.4 cm³/mol. The highest BCUT2D eigenvalue weighted by atomic mass is 32.2. The summed E-state index contributed by atoms with van der Waals surface area (Å²) in [5, 5.41) is 13.8. The van der Waals surface area contributed by atoms with Crippen LogP contribution in [0.2, 0.25) is 0 Å². The average Bonchev–Trinajstić information content (AvgIpc) is 2.72. The van der Waals surface area contributed by atoms with Crippen LogP contribution < -0.4 is 0 Å². The molecule has 2 heterocycles. The fraction of sp³-hybridized carbons (Fsp3) is 0.700. The van der Waals surface area contributed by atoms with Crippen molar-refractivity contribution in [2.24, 2.45) is 13.0 Å². The van der Waals surface area contributed by atoms with E-state index < -0.39 is 0 Å².